The van der Waals surface area contributed by atoms with Gasteiger partial charge in [0.2, 0.25) is 0 Å². The number of ether oxygens (including phenoxy) is 1. The molecule has 0 radical (unpaired) electrons. The van der Waals surface area contributed by atoms with Crippen LogP contribution in [0.2, 0.25) is 10.0 Å². The summed E-state index contributed by atoms with van der Waals surface area (Å²) < 4.78 is 10.3. The second-order valence-electron chi connectivity index (χ2n) is 7.73. The van der Waals surface area contributed by atoms with Gasteiger partial charge in [-0.15, -0.1) is 11.3 Å². The van der Waals surface area contributed by atoms with Gasteiger partial charge in [0.15, 0.2) is 0 Å². The third-order valence-corrected chi connectivity index (χ3v) is 7.65. The van der Waals surface area contributed by atoms with E-state index in [1.165, 1.54) is 18.4 Å². The minimum Gasteiger partial charge on any atom is -0.465 e. The van der Waals surface area contributed by atoms with Gasteiger partial charge < -0.3 is 14.6 Å². The van der Waals surface area contributed by atoms with Crippen molar-refractivity contribution in [3.63, 3.8) is 0 Å². The number of rotatable bonds is 5. The van der Waals surface area contributed by atoms with Gasteiger partial charge in [-0.05, 0) is 49.8 Å². The van der Waals surface area contributed by atoms with E-state index in [0.717, 1.165) is 36.1 Å². The van der Waals surface area contributed by atoms with Crippen LogP contribution in [0.4, 0.5) is 5.00 Å². The van der Waals surface area contributed by atoms with E-state index >= 15 is 0 Å². The van der Waals surface area contributed by atoms with Crippen LogP contribution >= 0.6 is 34.5 Å². The van der Waals surface area contributed by atoms with Gasteiger partial charge in [-0.1, -0.05) is 47.8 Å². The Morgan fingerprint density at radius 3 is 2.66 bits per heavy atom. The van der Waals surface area contributed by atoms with Crippen molar-refractivity contribution >= 4 is 51.4 Å². The predicted molar refractivity (Wildman–Crippen MR) is 126 cm³/mol. The first-order valence-electron chi connectivity index (χ1n) is 10.3. The number of hydrogen-bond donors (Lipinski definition) is 1. The highest BCUT2D eigenvalue weighted by Crippen LogP contribution is 2.42. The van der Waals surface area contributed by atoms with Crippen molar-refractivity contribution in [2.24, 2.45) is 5.92 Å². The van der Waals surface area contributed by atoms with Gasteiger partial charge in [0.1, 0.15) is 22.0 Å². The van der Waals surface area contributed by atoms with Gasteiger partial charge in [0.05, 0.1) is 22.7 Å². The number of methoxy groups -OCH3 is 1. The normalized spacial score (nSPS) is 15.3. The lowest BCUT2D eigenvalue weighted by Gasteiger charge is -2.20. The second kappa shape index (κ2) is 9.25. The lowest BCUT2D eigenvalue weighted by Crippen LogP contribution is -2.17. The Hall–Kier alpha value is -2.35. The van der Waals surface area contributed by atoms with Crippen LogP contribution in [0, 0.1) is 12.8 Å². The van der Waals surface area contributed by atoms with E-state index in [0.29, 0.717) is 37.9 Å². The van der Waals surface area contributed by atoms with E-state index in [-0.39, 0.29) is 11.3 Å². The Bertz CT molecular complexity index is 1180. The van der Waals surface area contributed by atoms with Crippen LogP contribution in [0.5, 0.6) is 0 Å². The first kappa shape index (κ1) is 22.8. The summed E-state index contributed by atoms with van der Waals surface area (Å²) in [5, 5.41) is 8.12. The number of carbonyl (C=O) groups excluding carboxylic acids is 2. The molecule has 1 aromatic carbocycles. The summed E-state index contributed by atoms with van der Waals surface area (Å²) in [5.74, 6) is -0.0142. The van der Waals surface area contributed by atoms with E-state index in [1.54, 1.807) is 25.1 Å². The van der Waals surface area contributed by atoms with Crippen molar-refractivity contribution in [3.8, 4) is 11.3 Å². The quantitative estimate of drug-likeness (QED) is 0.407. The highest BCUT2D eigenvalue weighted by molar-refractivity contribution is 7.17. The average molecular weight is 493 g/mol. The van der Waals surface area contributed by atoms with Crippen LogP contribution < -0.4 is 5.32 Å². The van der Waals surface area contributed by atoms with Crippen molar-refractivity contribution in [2.75, 3.05) is 12.4 Å². The fraction of sp³-hybridized carbons (Fsp3) is 0.348. The smallest absolute Gasteiger partial charge is 0.341 e. The molecule has 1 aliphatic carbocycles. The minimum atomic E-state index is -0.454. The van der Waals surface area contributed by atoms with Crippen LogP contribution in [-0.2, 0) is 17.6 Å². The number of hydrogen-bond acceptors (Lipinski definition) is 6. The van der Waals surface area contributed by atoms with Gasteiger partial charge >= 0.3 is 5.97 Å². The molecule has 0 spiro atoms. The summed E-state index contributed by atoms with van der Waals surface area (Å²) in [6.45, 7) is 3.81. The number of fused-ring (bicyclic) bond motifs is 1. The molecule has 32 heavy (non-hydrogen) atoms. The number of aryl methyl sites for hydroxylation is 1. The molecule has 0 saturated carbocycles. The molecule has 1 unspecified atom stereocenters. The van der Waals surface area contributed by atoms with Crippen molar-refractivity contribution < 1.29 is 18.8 Å². The molecule has 168 valence electrons. The maximum absolute atomic E-state index is 13.4. The molecule has 1 aliphatic rings. The molecule has 2 heterocycles. The third-order valence-electron chi connectivity index (χ3n) is 5.85. The molecule has 0 aliphatic heterocycles. The van der Waals surface area contributed by atoms with Crippen LogP contribution in [-0.4, -0.2) is 24.1 Å². The molecule has 0 fully saturated rings. The molecule has 1 N–H and O–H groups in total. The number of aromatic nitrogens is 1. The van der Waals surface area contributed by atoms with E-state index in [2.05, 4.69) is 17.4 Å². The highest BCUT2D eigenvalue weighted by atomic mass is 35.5. The number of nitrogens with zero attached hydrogens (tertiary/aromatic N) is 1. The monoisotopic (exact) mass is 492 g/mol. The molecule has 2 aromatic heterocycles. The fourth-order valence-corrected chi connectivity index (χ4v) is 6.03. The summed E-state index contributed by atoms with van der Waals surface area (Å²) in [7, 11) is 1.34. The second-order valence-corrected chi connectivity index (χ2v) is 9.65. The zero-order valence-electron chi connectivity index (χ0n) is 17.9. The predicted octanol–water partition coefficient (Wildman–Crippen LogP) is 6.57. The van der Waals surface area contributed by atoms with Gasteiger partial charge in [0, 0.05) is 10.4 Å². The number of halogens is 2. The molecule has 9 heteroatoms. The van der Waals surface area contributed by atoms with Crippen LogP contribution in [0.1, 0.15) is 56.7 Å². The summed E-state index contributed by atoms with van der Waals surface area (Å²) >= 11 is 14.1. The summed E-state index contributed by atoms with van der Waals surface area (Å²) in [5.41, 5.74) is 2.29. The Morgan fingerprint density at radius 1 is 1.28 bits per heavy atom. The number of nitrogens with one attached hydrogen (secondary N) is 1. The molecule has 0 saturated heterocycles. The standard InChI is InChI=1S/C23H22Cl2N2O4S/c1-4-12-8-9-13-16(10-12)32-22(18(13)23(29)30-3)26-21(28)17-11(2)31-27-20(17)19-14(24)6-5-7-15(19)25/h5-7,12H,4,8-10H2,1-3H3,(H,26,28). The molecule has 1 atom stereocenters. The minimum absolute atomic E-state index is 0.216. The Balaban J connectivity index is 1.74. The lowest BCUT2D eigenvalue weighted by molar-refractivity contribution is 0.0601. The fourth-order valence-electron chi connectivity index (χ4n) is 4.11. The number of carbonyl (C=O) groups is 2. The van der Waals surface area contributed by atoms with Gasteiger partial charge in [-0.2, -0.15) is 0 Å². The van der Waals surface area contributed by atoms with E-state index in [1.807, 2.05) is 0 Å². The number of thiophene rings is 1. The highest BCUT2D eigenvalue weighted by Gasteiger charge is 2.31. The van der Waals surface area contributed by atoms with E-state index in [4.69, 9.17) is 32.5 Å². The molecule has 4 rings (SSSR count). The number of benzene rings is 1. The molecule has 1 amide bonds. The topological polar surface area (TPSA) is 81.4 Å². The number of anilines is 1. The average Bonchev–Trinajstić information content (AvgIpc) is 3.32. The molecule has 6 nitrogen and oxygen atoms in total. The molecular weight excluding hydrogens is 471 g/mol. The zero-order chi connectivity index (χ0) is 23.0. The molecule has 3 aromatic rings. The number of esters is 1. The van der Waals surface area contributed by atoms with Crippen molar-refractivity contribution in [3.05, 3.63) is 55.6 Å². The summed E-state index contributed by atoms with van der Waals surface area (Å²) in [4.78, 5) is 27.1. The number of amides is 1. The van der Waals surface area contributed by atoms with Crippen molar-refractivity contribution in [1.82, 2.24) is 5.16 Å². The molecular formula is C23H22Cl2N2O4S. The zero-order valence-corrected chi connectivity index (χ0v) is 20.2. The van der Waals surface area contributed by atoms with Gasteiger partial charge in [-0.3, -0.25) is 4.79 Å². The van der Waals surface area contributed by atoms with E-state index < -0.39 is 11.9 Å². The first-order chi connectivity index (χ1) is 15.3. The summed E-state index contributed by atoms with van der Waals surface area (Å²) in [6.07, 6.45) is 3.77. The summed E-state index contributed by atoms with van der Waals surface area (Å²) in [6, 6.07) is 5.05. The van der Waals surface area contributed by atoms with Gasteiger partial charge in [-0.25, -0.2) is 4.79 Å². The van der Waals surface area contributed by atoms with Crippen LogP contribution in [0.25, 0.3) is 11.3 Å². The first-order valence-corrected chi connectivity index (χ1v) is 11.9. The van der Waals surface area contributed by atoms with Gasteiger partial charge in [0.25, 0.3) is 5.91 Å². The maximum Gasteiger partial charge on any atom is 0.341 e. The van der Waals surface area contributed by atoms with Crippen LogP contribution in [0.15, 0.2) is 22.7 Å². The Labute approximate surface area is 199 Å². The lowest BCUT2D eigenvalue weighted by atomic mass is 9.85. The van der Waals surface area contributed by atoms with Crippen molar-refractivity contribution in [1.29, 1.82) is 0 Å². The Kier molecular flexibility index (Phi) is 6.60. The SMILES string of the molecule is CCC1CCc2c(sc(NC(=O)c3c(-c4c(Cl)cccc4Cl)noc3C)c2C(=O)OC)C1. The molecule has 0 bridgehead atoms. The largest absolute Gasteiger partial charge is 0.465 e. The Morgan fingerprint density at radius 2 is 2.00 bits per heavy atom. The van der Waals surface area contributed by atoms with Crippen LogP contribution in [0.3, 0.4) is 0 Å². The maximum atomic E-state index is 13.4. The third kappa shape index (κ3) is 4.05. The van der Waals surface area contributed by atoms with E-state index in [9.17, 15) is 9.59 Å². The van der Waals surface area contributed by atoms with Crippen molar-refractivity contribution in [2.45, 2.75) is 39.5 Å².